The van der Waals surface area contributed by atoms with E-state index in [1.165, 1.54) is 122 Å². The molecule has 3 heteroatoms. The second-order valence-electron chi connectivity index (χ2n) is 9.75. The van der Waals surface area contributed by atoms with Crippen LogP contribution in [-0.4, -0.2) is 43.2 Å². The minimum absolute atomic E-state index is 0.234. The van der Waals surface area contributed by atoms with Crippen LogP contribution in [0.25, 0.3) is 0 Å². The zero-order valence-corrected chi connectivity index (χ0v) is 21.8. The number of ether oxygens (including phenoxy) is 1. The predicted molar refractivity (Wildman–Crippen MR) is 136 cm³/mol. The van der Waals surface area contributed by atoms with E-state index in [-0.39, 0.29) is 5.97 Å². The molecule has 0 saturated carbocycles. The van der Waals surface area contributed by atoms with Crippen molar-refractivity contribution >= 4 is 5.97 Å². The molecule has 0 spiro atoms. The molecule has 0 aliphatic rings. The fraction of sp³-hybridized carbons (Fsp3) is 0.893. The first kappa shape index (κ1) is 30.2. The molecular weight excluding hydrogens is 382 g/mol. The van der Waals surface area contributed by atoms with Gasteiger partial charge in [-0.05, 0) is 45.4 Å². The normalized spacial score (nSPS) is 11.6. The van der Waals surface area contributed by atoms with Gasteiger partial charge in [0.2, 0.25) is 0 Å². The highest BCUT2D eigenvalue weighted by Crippen LogP contribution is 2.18. The van der Waals surface area contributed by atoms with Crippen molar-refractivity contribution in [1.29, 1.82) is 0 Å². The van der Waals surface area contributed by atoms with Gasteiger partial charge in [0.25, 0.3) is 0 Å². The van der Waals surface area contributed by atoms with Gasteiger partial charge in [-0.2, -0.15) is 0 Å². The van der Waals surface area contributed by atoms with Gasteiger partial charge in [-0.1, -0.05) is 91.6 Å². The van der Waals surface area contributed by atoms with E-state index >= 15 is 0 Å². The first-order valence-corrected chi connectivity index (χ1v) is 13.7. The minimum Gasteiger partial charge on any atom is -0.456 e. The van der Waals surface area contributed by atoms with E-state index in [2.05, 4.69) is 27.4 Å². The van der Waals surface area contributed by atoms with E-state index in [4.69, 9.17) is 4.74 Å². The average Bonchev–Trinajstić information content (AvgIpc) is 2.76. The van der Waals surface area contributed by atoms with E-state index in [0.29, 0.717) is 12.2 Å². The van der Waals surface area contributed by atoms with Crippen molar-refractivity contribution in [3.63, 3.8) is 0 Å². The minimum atomic E-state index is -0.234. The van der Waals surface area contributed by atoms with Crippen LogP contribution in [0.15, 0.2) is 12.2 Å². The Morgan fingerprint density at radius 1 is 0.613 bits per heavy atom. The van der Waals surface area contributed by atoms with E-state index < -0.39 is 0 Å². The van der Waals surface area contributed by atoms with Gasteiger partial charge in [0.05, 0.1) is 19.6 Å². The molecule has 0 unspecified atom stereocenters. The summed E-state index contributed by atoms with van der Waals surface area (Å²) in [6, 6.07) is 0. The highest BCUT2D eigenvalue weighted by Gasteiger charge is 2.26. The van der Waals surface area contributed by atoms with Crippen molar-refractivity contribution in [2.24, 2.45) is 0 Å². The Morgan fingerprint density at radius 3 is 1.35 bits per heavy atom. The van der Waals surface area contributed by atoms with Crippen LogP contribution in [0.2, 0.25) is 0 Å². The molecule has 0 aromatic rings. The second-order valence-corrected chi connectivity index (χ2v) is 9.75. The molecule has 0 N–H and O–H groups in total. The van der Waals surface area contributed by atoms with Crippen LogP contribution in [0.5, 0.6) is 0 Å². The molecule has 0 aromatic heterocycles. The number of rotatable bonds is 23. The number of hydrogen-bond donors (Lipinski definition) is 0. The Bertz CT molecular complexity index is 421. The number of esters is 1. The monoisotopic (exact) mass is 438 g/mol. The van der Waals surface area contributed by atoms with Gasteiger partial charge in [-0.3, -0.25) is 0 Å². The maximum absolute atomic E-state index is 11.9. The van der Waals surface area contributed by atoms with E-state index in [1.807, 2.05) is 0 Å². The number of hydrogen-bond acceptors (Lipinski definition) is 2. The molecule has 0 aliphatic carbocycles. The highest BCUT2D eigenvalue weighted by atomic mass is 16.5. The van der Waals surface area contributed by atoms with Gasteiger partial charge in [0.1, 0.15) is 13.2 Å². The molecule has 0 saturated heterocycles. The Kier molecular flexibility index (Phi) is 20.5. The molecule has 0 rings (SSSR count). The summed E-state index contributed by atoms with van der Waals surface area (Å²) < 4.78 is 6.69. The first-order chi connectivity index (χ1) is 15.0. The lowest BCUT2D eigenvalue weighted by atomic mass is 10.1. The summed E-state index contributed by atoms with van der Waals surface area (Å²) in [6.45, 7) is 17.5. The van der Waals surface area contributed by atoms with Crippen LogP contribution in [0.4, 0.5) is 0 Å². The molecule has 0 radical (unpaired) electrons. The molecule has 0 heterocycles. The van der Waals surface area contributed by atoms with Crippen LogP contribution in [-0.2, 0) is 9.53 Å². The van der Waals surface area contributed by atoms with Crippen molar-refractivity contribution in [2.45, 2.75) is 130 Å². The number of carbonyl (C=O) groups excluding carboxylic acids is 1. The van der Waals surface area contributed by atoms with Crippen LogP contribution in [0.3, 0.4) is 0 Å². The summed E-state index contributed by atoms with van der Waals surface area (Å²) in [5.41, 5.74) is 0.507. The summed E-state index contributed by atoms with van der Waals surface area (Å²) in [5, 5.41) is 0. The summed E-state index contributed by atoms with van der Waals surface area (Å²) in [6.07, 6.45) is 21.4. The van der Waals surface area contributed by atoms with E-state index in [1.54, 1.807) is 6.92 Å². The number of nitrogens with zero attached hydrogens (tertiary/aromatic N) is 1. The molecule has 0 atom stereocenters. The van der Waals surface area contributed by atoms with Gasteiger partial charge in [-0.15, -0.1) is 0 Å². The Morgan fingerprint density at radius 2 is 0.968 bits per heavy atom. The van der Waals surface area contributed by atoms with Crippen molar-refractivity contribution in [1.82, 2.24) is 0 Å². The van der Waals surface area contributed by atoms with Crippen molar-refractivity contribution in [3.05, 3.63) is 12.2 Å². The summed E-state index contributed by atoms with van der Waals surface area (Å²) in [5.74, 6) is -0.234. The zero-order chi connectivity index (χ0) is 23.2. The predicted octanol–water partition coefficient (Wildman–Crippen LogP) is 8.22. The smallest absolute Gasteiger partial charge is 0.333 e. The fourth-order valence-electron chi connectivity index (χ4n) is 4.46. The third-order valence-corrected chi connectivity index (χ3v) is 6.61. The van der Waals surface area contributed by atoms with Crippen LogP contribution in [0, 0.1) is 0 Å². The van der Waals surface area contributed by atoms with E-state index in [0.717, 1.165) is 11.0 Å². The molecule has 3 nitrogen and oxygen atoms in total. The zero-order valence-electron chi connectivity index (χ0n) is 21.8. The highest BCUT2D eigenvalue weighted by molar-refractivity contribution is 5.86. The Labute approximate surface area is 195 Å². The molecule has 0 bridgehead atoms. The van der Waals surface area contributed by atoms with Crippen LogP contribution < -0.4 is 0 Å². The van der Waals surface area contributed by atoms with Crippen molar-refractivity contribution in [3.8, 4) is 0 Å². The Hall–Kier alpha value is -0.830. The van der Waals surface area contributed by atoms with Gasteiger partial charge < -0.3 is 9.22 Å². The Balaban J connectivity index is 4.77. The fourth-order valence-corrected chi connectivity index (χ4v) is 4.46. The molecule has 0 aromatic carbocycles. The largest absolute Gasteiger partial charge is 0.456 e. The number of quaternary nitrogens is 1. The lowest BCUT2D eigenvalue weighted by Crippen LogP contribution is -2.52. The maximum atomic E-state index is 11.9. The van der Waals surface area contributed by atoms with E-state index in [9.17, 15) is 4.79 Å². The molecule has 0 fully saturated rings. The van der Waals surface area contributed by atoms with Crippen molar-refractivity contribution in [2.75, 3.05) is 32.8 Å². The summed E-state index contributed by atoms with van der Waals surface area (Å²) >= 11 is 0. The van der Waals surface area contributed by atoms with Crippen LogP contribution in [0.1, 0.15) is 130 Å². The molecule has 0 amide bonds. The van der Waals surface area contributed by atoms with Gasteiger partial charge in [0.15, 0.2) is 0 Å². The second kappa shape index (κ2) is 21.0. The average molecular weight is 439 g/mol. The quantitative estimate of drug-likeness (QED) is 0.0695. The van der Waals surface area contributed by atoms with Crippen LogP contribution >= 0.6 is 0 Å². The SMILES string of the molecule is C=C(C)C(=O)OCC[N+](CCCCCC)(CCCCCC)CCCCCCCCCC. The number of unbranched alkanes of at least 4 members (excludes halogenated alkanes) is 13. The lowest BCUT2D eigenvalue weighted by Gasteiger charge is -2.39. The standard InChI is InChI=1S/C28H56NO2/c1-6-9-12-15-16-17-18-21-24-29(22-19-13-10-7-2,23-20-14-11-8-3)25-26-31-28(30)27(4)5/h4,6-26H2,1-3,5H3/q+1. The van der Waals surface area contributed by atoms with Gasteiger partial charge >= 0.3 is 5.97 Å². The molecule has 0 aliphatic heterocycles. The maximum Gasteiger partial charge on any atom is 0.333 e. The third-order valence-electron chi connectivity index (χ3n) is 6.61. The molecular formula is C28H56NO2+. The first-order valence-electron chi connectivity index (χ1n) is 13.7. The van der Waals surface area contributed by atoms with Gasteiger partial charge in [-0.25, -0.2) is 4.79 Å². The summed E-state index contributed by atoms with van der Waals surface area (Å²) in [7, 11) is 0. The molecule has 184 valence electrons. The molecule has 31 heavy (non-hydrogen) atoms. The van der Waals surface area contributed by atoms with Gasteiger partial charge in [0, 0.05) is 5.57 Å². The van der Waals surface area contributed by atoms with Crippen molar-refractivity contribution < 1.29 is 14.0 Å². The summed E-state index contributed by atoms with van der Waals surface area (Å²) in [4.78, 5) is 11.9. The number of carbonyl (C=O) groups is 1. The third kappa shape index (κ3) is 17.4. The topological polar surface area (TPSA) is 26.3 Å². The lowest BCUT2D eigenvalue weighted by molar-refractivity contribution is -0.929.